The summed E-state index contributed by atoms with van der Waals surface area (Å²) in [6, 6.07) is 3.39. The monoisotopic (exact) mass is 299 g/mol. The molecule has 6 heteroatoms. The van der Waals surface area contributed by atoms with Crippen LogP contribution in [0.4, 0.5) is 0 Å². The highest BCUT2D eigenvalue weighted by Gasteiger charge is 2.35. The summed E-state index contributed by atoms with van der Waals surface area (Å²) in [7, 11) is -2.07. The zero-order valence-corrected chi connectivity index (χ0v) is 12.9. The third kappa shape index (κ3) is 2.97. The average molecular weight is 299 g/mol. The smallest absolute Gasteiger partial charge is 0.241 e. The Bertz CT molecular complexity index is 583. The second-order valence-electron chi connectivity index (χ2n) is 5.49. The number of rotatable bonds is 5. The molecular weight excluding hydrogens is 278 g/mol. The molecule has 112 valence electrons. The number of nitrogens with one attached hydrogen (secondary N) is 1. The maximum atomic E-state index is 12.4. The Morgan fingerprint density at radius 3 is 2.25 bits per heavy atom. The van der Waals surface area contributed by atoms with Gasteiger partial charge in [-0.2, -0.15) is 0 Å². The minimum Gasteiger partial charge on any atom is -0.497 e. The van der Waals surface area contributed by atoms with Gasteiger partial charge >= 0.3 is 0 Å². The Balaban J connectivity index is 2.25. The highest BCUT2D eigenvalue weighted by Crippen LogP contribution is 2.31. The van der Waals surface area contributed by atoms with Gasteiger partial charge in [0.05, 0.1) is 17.6 Å². The van der Waals surface area contributed by atoms with Crippen molar-refractivity contribution in [1.29, 1.82) is 0 Å². The van der Waals surface area contributed by atoms with Crippen LogP contribution in [-0.4, -0.2) is 32.8 Å². The number of hydrogen-bond donors (Lipinski definition) is 2. The van der Waals surface area contributed by atoms with Crippen LogP contribution in [0.2, 0.25) is 0 Å². The molecule has 5 nitrogen and oxygen atoms in total. The predicted molar refractivity (Wildman–Crippen MR) is 76.5 cm³/mol. The van der Waals surface area contributed by atoms with Crippen LogP contribution in [0.25, 0.3) is 0 Å². The fraction of sp³-hybridized carbons (Fsp3) is 0.571. The van der Waals surface area contributed by atoms with E-state index in [1.165, 1.54) is 0 Å². The van der Waals surface area contributed by atoms with Crippen molar-refractivity contribution in [2.75, 3.05) is 13.7 Å². The molecule has 0 heterocycles. The van der Waals surface area contributed by atoms with E-state index in [2.05, 4.69) is 4.72 Å². The van der Waals surface area contributed by atoms with Crippen LogP contribution in [0.1, 0.15) is 30.4 Å². The summed E-state index contributed by atoms with van der Waals surface area (Å²) in [5, 5.41) is 9.99. The molecule has 0 bridgehead atoms. The number of methoxy groups -OCH3 is 1. The minimum absolute atomic E-state index is 0.0697. The van der Waals surface area contributed by atoms with Crippen LogP contribution < -0.4 is 9.46 Å². The van der Waals surface area contributed by atoms with Crippen molar-refractivity contribution in [3.05, 3.63) is 23.3 Å². The zero-order valence-electron chi connectivity index (χ0n) is 12.1. The van der Waals surface area contributed by atoms with E-state index in [-0.39, 0.29) is 11.4 Å². The minimum atomic E-state index is -3.62. The summed E-state index contributed by atoms with van der Waals surface area (Å²) >= 11 is 0. The first-order valence-electron chi connectivity index (χ1n) is 6.65. The molecule has 0 amide bonds. The van der Waals surface area contributed by atoms with Gasteiger partial charge in [-0.15, -0.1) is 0 Å². The fourth-order valence-electron chi connectivity index (χ4n) is 2.52. The van der Waals surface area contributed by atoms with Crippen LogP contribution in [0.5, 0.6) is 5.75 Å². The summed E-state index contributed by atoms with van der Waals surface area (Å²) in [5.74, 6) is 0.636. The molecule has 0 unspecified atom stereocenters. The summed E-state index contributed by atoms with van der Waals surface area (Å²) < 4.78 is 32.4. The van der Waals surface area contributed by atoms with E-state index in [0.29, 0.717) is 29.7 Å². The maximum absolute atomic E-state index is 12.4. The number of ether oxygens (including phenoxy) is 1. The lowest BCUT2D eigenvalue weighted by Crippen LogP contribution is -2.47. The van der Waals surface area contributed by atoms with Crippen molar-refractivity contribution in [3.8, 4) is 5.75 Å². The van der Waals surface area contributed by atoms with Crippen molar-refractivity contribution in [2.24, 2.45) is 0 Å². The summed E-state index contributed by atoms with van der Waals surface area (Å²) in [4.78, 5) is 0.265. The second kappa shape index (κ2) is 5.35. The van der Waals surface area contributed by atoms with Gasteiger partial charge in [0, 0.05) is 6.54 Å². The van der Waals surface area contributed by atoms with Crippen LogP contribution in [0.15, 0.2) is 17.0 Å². The molecule has 0 spiro atoms. The Kier molecular flexibility index (Phi) is 4.09. The lowest BCUT2D eigenvalue weighted by molar-refractivity contribution is -0.0271. The van der Waals surface area contributed by atoms with E-state index in [0.717, 1.165) is 6.42 Å². The highest BCUT2D eigenvalue weighted by atomic mass is 32.2. The molecule has 20 heavy (non-hydrogen) atoms. The van der Waals surface area contributed by atoms with Gasteiger partial charge in [0.25, 0.3) is 0 Å². The van der Waals surface area contributed by atoms with E-state index in [1.807, 2.05) is 0 Å². The number of aliphatic hydroxyl groups is 1. The molecule has 0 atom stereocenters. The topological polar surface area (TPSA) is 75.6 Å². The number of sulfonamides is 1. The molecule has 1 aliphatic rings. The third-order valence-corrected chi connectivity index (χ3v) is 5.52. The van der Waals surface area contributed by atoms with Crippen LogP contribution in [0.3, 0.4) is 0 Å². The Morgan fingerprint density at radius 2 is 1.85 bits per heavy atom. The first-order valence-corrected chi connectivity index (χ1v) is 8.13. The molecule has 1 fully saturated rings. The van der Waals surface area contributed by atoms with Crippen LogP contribution >= 0.6 is 0 Å². The largest absolute Gasteiger partial charge is 0.497 e. The molecule has 1 aromatic carbocycles. The molecule has 1 saturated carbocycles. The first-order chi connectivity index (χ1) is 9.27. The average Bonchev–Trinajstić information content (AvgIpc) is 2.32. The zero-order chi connectivity index (χ0) is 15.0. The molecule has 1 aliphatic carbocycles. The molecule has 2 N–H and O–H groups in total. The lowest BCUT2D eigenvalue weighted by Gasteiger charge is -2.36. The van der Waals surface area contributed by atoms with Gasteiger partial charge in [-0.25, -0.2) is 13.1 Å². The molecule has 0 aliphatic heterocycles. The van der Waals surface area contributed by atoms with Gasteiger partial charge in [0.15, 0.2) is 0 Å². The number of aryl methyl sites for hydroxylation is 2. The summed E-state index contributed by atoms with van der Waals surface area (Å²) in [5.41, 5.74) is 0.395. The molecule has 0 saturated heterocycles. The Morgan fingerprint density at radius 1 is 1.30 bits per heavy atom. The van der Waals surface area contributed by atoms with Gasteiger partial charge in [0.1, 0.15) is 5.75 Å². The highest BCUT2D eigenvalue weighted by molar-refractivity contribution is 7.89. The van der Waals surface area contributed by atoms with Gasteiger partial charge < -0.3 is 9.84 Å². The van der Waals surface area contributed by atoms with Crippen molar-refractivity contribution < 1.29 is 18.3 Å². The van der Waals surface area contributed by atoms with Gasteiger partial charge in [0.2, 0.25) is 10.0 Å². The second-order valence-corrected chi connectivity index (χ2v) is 7.20. The first kappa shape index (κ1) is 15.3. The quantitative estimate of drug-likeness (QED) is 0.864. The summed E-state index contributed by atoms with van der Waals surface area (Å²) in [6.07, 6.45) is 2.24. The van der Waals surface area contributed by atoms with Gasteiger partial charge in [-0.05, 0) is 56.4 Å². The normalized spacial score (nSPS) is 17.6. The Hall–Kier alpha value is -1.11. The third-order valence-electron chi connectivity index (χ3n) is 3.81. The van der Waals surface area contributed by atoms with Crippen molar-refractivity contribution in [2.45, 2.75) is 43.6 Å². The SMILES string of the molecule is COc1cc(C)c(S(=O)(=O)NCC2(O)CCC2)c(C)c1. The van der Waals surface area contributed by atoms with Crippen molar-refractivity contribution in [3.63, 3.8) is 0 Å². The molecule has 0 radical (unpaired) electrons. The predicted octanol–water partition coefficient (Wildman–Crippen LogP) is 1.51. The maximum Gasteiger partial charge on any atom is 0.241 e. The van der Waals surface area contributed by atoms with E-state index < -0.39 is 15.6 Å². The lowest BCUT2D eigenvalue weighted by atomic mass is 9.81. The fourth-order valence-corrected chi connectivity index (χ4v) is 4.08. The molecule has 2 rings (SSSR count). The van der Waals surface area contributed by atoms with E-state index >= 15 is 0 Å². The number of benzene rings is 1. The standard InChI is InChI=1S/C14H21NO4S/c1-10-7-12(19-3)8-11(2)13(10)20(17,18)15-9-14(16)5-4-6-14/h7-8,15-16H,4-6,9H2,1-3H3. The van der Waals surface area contributed by atoms with E-state index in [9.17, 15) is 13.5 Å². The van der Waals surface area contributed by atoms with Crippen LogP contribution in [-0.2, 0) is 10.0 Å². The Labute approximate surface area is 120 Å². The van der Waals surface area contributed by atoms with Crippen molar-refractivity contribution in [1.82, 2.24) is 4.72 Å². The van der Waals surface area contributed by atoms with E-state index in [4.69, 9.17) is 4.74 Å². The van der Waals surface area contributed by atoms with Crippen LogP contribution in [0, 0.1) is 13.8 Å². The number of hydrogen-bond acceptors (Lipinski definition) is 4. The summed E-state index contributed by atoms with van der Waals surface area (Å²) in [6.45, 7) is 3.55. The molecule has 0 aromatic heterocycles. The van der Waals surface area contributed by atoms with Crippen molar-refractivity contribution >= 4 is 10.0 Å². The van der Waals surface area contributed by atoms with Gasteiger partial charge in [-0.3, -0.25) is 0 Å². The van der Waals surface area contributed by atoms with E-state index in [1.54, 1.807) is 33.1 Å². The molecular formula is C14H21NO4S. The molecule has 1 aromatic rings. The van der Waals surface area contributed by atoms with Gasteiger partial charge in [-0.1, -0.05) is 0 Å².